The van der Waals surface area contributed by atoms with Crippen molar-refractivity contribution in [3.05, 3.63) is 77.6 Å². The number of amides is 2. The number of hydrogen-bond donors (Lipinski definition) is 4. The number of hydrogen-bond acceptors (Lipinski definition) is 12. The number of carbonyl (C=O) groups is 2. The SMILES string of the molecule is C#Cc1ccc([C@H](C)NC(=O)[C@@H]2C[C@@H](O)CN2C(=O)[C@@H](c2cc(OCCN3CCN4c5cc(-c6ccccc6O)nnc5NC[C@H]4C3)no2)C(C)C)cc1. The highest BCUT2D eigenvalue weighted by atomic mass is 16.5. The third-order valence-electron chi connectivity index (χ3n) is 10.5. The fourth-order valence-corrected chi connectivity index (χ4v) is 7.62. The lowest BCUT2D eigenvalue weighted by Gasteiger charge is -2.45. The summed E-state index contributed by atoms with van der Waals surface area (Å²) in [4.78, 5) is 33.7. The highest BCUT2D eigenvalue weighted by molar-refractivity contribution is 5.91. The predicted octanol–water partition coefficient (Wildman–Crippen LogP) is 3.39. The third-order valence-corrected chi connectivity index (χ3v) is 10.5. The van der Waals surface area contributed by atoms with Crippen LogP contribution in [-0.2, 0) is 9.59 Å². The monoisotopic (exact) mass is 734 g/mol. The predicted molar refractivity (Wildman–Crippen MR) is 202 cm³/mol. The Morgan fingerprint density at radius 1 is 1.09 bits per heavy atom. The number of piperazine rings is 1. The van der Waals surface area contributed by atoms with Crippen molar-refractivity contribution >= 4 is 23.3 Å². The summed E-state index contributed by atoms with van der Waals surface area (Å²) in [6, 6.07) is 17.2. The van der Waals surface area contributed by atoms with Crippen LogP contribution in [0.4, 0.5) is 11.5 Å². The Hall–Kier alpha value is -5.65. The maximum Gasteiger partial charge on any atom is 0.254 e. The molecule has 0 bridgehead atoms. The van der Waals surface area contributed by atoms with Crippen molar-refractivity contribution in [2.24, 2.45) is 5.92 Å². The van der Waals surface area contributed by atoms with Gasteiger partial charge in [-0.2, -0.15) is 0 Å². The van der Waals surface area contributed by atoms with Crippen molar-refractivity contribution in [3.8, 4) is 35.2 Å². The van der Waals surface area contributed by atoms with Gasteiger partial charge in [0, 0.05) is 62.9 Å². The van der Waals surface area contributed by atoms with Crippen LogP contribution in [0.1, 0.15) is 56.0 Å². The van der Waals surface area contributed by atoms with Gasteiger partial charge in [0.05, 0.1) is 29.6 Å². The van der Waals surface area contributed by atoms with Crippen molar-refractivity contribution in [2.75, 3.05) is 56.1 Å². The number of anilines is 2. The molecule has 2 amide bonds. The fourth-order valence-electron chi connectivity index (χ4n) is 7.62. The van der Waals surface area contributed by atoms with Gasteiger partial charge in [-0.25, -0.2) is 0 Å². The van der Waals surface area contributed by atoms with Crippen LogP contribution in [-0.4, -0.2) is 111 Å². The molecular formula is C40H46N8O6. The molecule has 2 saturated heterocycles. The van der Waals surface area contributed by atoms with Crippen LogP contribution in [0.25, 0.3) is 11.3 Å². The number of rotatable bonds is 11. The Bertz CT molecular complexity index is 2010. The first-order chi connectivity index (χ1) is 26.1. The summed E-state index contributed by atoms with van der Waals surface area (Å²) >= 11 is 0. The summed E-state index contributed by atoms with van der Waals surface area (Å²) in [5.74, 6) is 2.56. The number of aromatic hydroxyl groups is 1. The number of ether oxygens (including phenoxy) is 1. The molecule has 282 valence electrons. The molecule has 4 N–H and O–H groups in total. The lowest BCUT2D eigenvalue weighted by molar-refractivity contribution is -0.141. The normalized spacial score (nSPS) is 20.7. The molecule has 0 saturated carbocycles. The maximum atomic E-state index is 14.1. The minimum absolute atomic E-state index is 0.0451. The van der Waals surface area contributed by atoms with E-state index in [1.807, 2.05) is 63.2 Å². The molecule has 3 aliphatic rings. The van der Waals surface area contributed by atoms with Gasteiger partial charge in [0.1, 0.15) is 24.3 Å². The van der Waals surface area contributed by atoms with Gasteiger partial charge in [0.25, 0.3) is 5.88 Å². The Labute approximate surface area is 314 Å². The summed E-state index contributed by atoms with van der Waals surface area (Å²) in [6.45, 7) is 9.91. The summed E-state index contributed by atoms with van der Waals surface area (Å²) in [7, 11) is 0. The number of nitrogens with zero attached hydrogens (tertiary/aromatic N) is 6. The van der Waals surface area contributed by atoms with Gasteiger partial charge in [-0.3, -0.25) is 14.5 Å². The van der Waals surface area contributed by atoms with Crippen molar-refractivity contribution in [2.45, 2.75) is 57.3 Å². The van der Waals surface area contributed by atoms with E-state index in [1.54, 1.807) is 18.2 Å². The molecule has 14 nitrogen and oxygen atoms in total. The minimum atomic E-state index is -0.833. The van der Waals surface area contributed by atoms with E-state index in [1.165, 1.54) is 4.90 Å². The molecule has 2 aromatic heterocycles. The summed E-state index contributed by atoms with van der Waals surface area (Å²) in [5.41, 5.74) is 3.85. The van der Waals surface area contributed by atoms with Crippen LogP contribution in [0.5, 0.6) is 11.6 Å². The summed E-state index contributed by atoms with van der Waals surface area (Å²) in [5, 5.41) is 40.2. The molecule has 0 spiro atoms. The van der Waals surface area contributed by atoms with Crippen molar-refractivity contribution in [1.29, 1.82) is 0 Å². The quantitative estimate of drug-likeness (QED) is 0.166. The molecule has 4 aromatic rings. The smallest absolute Gasteiger partial charge is 0.254 e. The van der Waals surface area contributed by atoms with Gasteiger partial charge in [0.2, 0.25) is 11.8 Å². The highest BCUT2D eigenvalue weighted by Crippen LogP contribution is 2.36. The van der Waals surface area contributed by atoms with Gasteiger partial charge in [-0.15, -0.1) is 16.6 Å². The number of phenols is 1. The van der Waals surface area contributed by atoms with E-state index < -0.39 is 18.1 Å². The standard InChI is InChI=1S/C40H46N8O6/c1-5-26-10-12-27(13-11-26)25(4)42-39(51)33-18-29(49)23-48(33)40(52)37(24(2)3)35-20-36(45-54-35)53-17-16-46-14-15-47-28(22-46)21-41-38-32(47)19-31(43-44-38)30-8-6-7-9-34(30)50/h1,6-13,19-20,24-25,28-29,33,37,49-50H,14-18,21-23H2,2-4H3,(H,41,44)(H,42,51)/t25-,28-,29+,33-,37+/m0/s1. The minimum Gasteiger partial charge on any atom is -0.507 e. The number of para-hydroxylation sites is 1. The zero-order valence-corrected chi connectivity index (χ0v) is 30.7. The molecule has 2 fully saturated rings. The average molecular weight is 735 g/mol. The number of aliphatic hydroxyl groups excluding tert-OH is 1. The second kappa shape index (κ2) is 15.8. The number of β-amino-alcohol motifs (C(OH)–C–C–N with tert-alkyl or cyclic N) is 1. The number of likely N-dealkylation sites (tertiary alicyclic amines) is 1. The number of aliphatic hydroxyl groups is 1. The number of benzene rings is 2. The second-order valence-corrected chi connectivity index (χ2v) is 14.5. The summed E-state index contributed by atoms with van der Waals surface area (Å²) < 4.78 is 11.7. The molecule has 14 heteroatoms. The van der Waals surface area contributed by atoms with E-state index in [0.717, 1.165) is 48.8 Å². The first-order valence-electron chi connectivity index (χ1n) is 18.4. The van der Waals surface area contributed by atoms with Gasteiger partial charge >= 0.3 is 0 Å². The molecule has 3 aliphatic heterocycles. The first-order valence-corrected chi connectivity index (χ1v) is 18.4. The summed E-state index contributed by atoms with van der Waals surface area (Å²) in [6.07, 6.45) is 4.78. The maximum absolute atomic E-state index is 14.1. The largest absolute Gasteiger partial charge is 0.507 e. The lowest BCUT2D eigenvalue weighted by atomic mass is 9.91. The average Bonchev–Trinajstić information content (AvgIpc) is 3.81. The number of fused-ring (bicyclic) bond motifs is 3. The van der Waals surface area contributed by atoms with E-state index in [0.29, 0.717) is 30.2 Å². The Morgan fingerprint density at radius 3 is 2.65 bits per heavy atom. The van der Waals surface area contributed by atoms with Crippen LogP contribution in [0.2, 0.25) is 0 Å². The molecule has 0 radical (unpaired) electrons. The molecular weight excluding hydrogens is 688 g/mol. The number of carbonyl (C=O) groups excluding carboxylic acids is 2. The van der Waals surface area contributed by atoms with Crippen LogP contribution in [0, 0.1) is 18.3 Å². The zero-order valence-electron chi connectivity index (χ0n) is 30.7. The van der Waals surface area contributed by atoms with Crippen LogP contribution in [0.15, 0.2) is 65.2 Å². The molecule has 7 rings (SSSR count). The Balaban J connectivity index is 0.939. The van der Waals surface area contributed by atoms with Crippen LogP contribution in [0.3, 0.4) is 0 Å². The molecule has 0 unspecified atom stereocenters. The van der Waals surface area contributed by atoms with Gasteiger partial charge in [0.15, 0.2) is 11.6 Å². The van der Waals surface area contributed by atoms with Crippen molar-refractivity contribution in [1.82, 2.24) is 30.5 Å². The van der Waals surface area contributed by atoms with Crippen LogP contribution < -0.4 is 20.3 Å². The highest BCUT2D eigenvalue weighted by Gasteiger charge is 2.43. The van der Waals surface area contributed by atoms with E-state index in [2.05, 4.69) is 41.7 Å². The topological polar surface area (TPSA) is 169 Å². The van der Waals surface area contributed by atoms with Crippen LogP contribution >= 0.6 is 0 Å². The number of terminal acetylenes is 1. The molecule has 54 heavy (non-hydrogen) atoms. The van der Waals surface area contributed by atoms with Gasteiger partial charge in [-0.05, 0) is 53.9 Å². The van der Waals surface area contributed by atoms with E-state index in [4.69, 9.17) is 15.7 Å². The fraction of sp³-hybridized carbons (Fsp3) is 0.425. The number of nitrogens with one attached hydrogen (secondary N) is 2. The van der Waals surface area contributed by atoms with Crippen molar-refractivity contribution in [3.63, 3.8) is 0 Å². The molecule has 5 atom stereocenters. The molecule has 0 aliphatic carbocycles. The Kier molecular flexibility index (Phi) is 10.7. The molecule has 5 heterocycles. The second-order valence-electron chi connectivity index (χ2n) is 14.5. The first kappa shape index (κ1) is 36.7. The Morgan fingerprint density at radius 2 is 1.89 bits per heavy atom. The number of phenolic OH excluding ortho intramolecular Hbond substituents is 1. The van der Waals surface area contributed by atoms with Crippen molar-refractivity contribution < 1.29 is 29.1 Å². The van der Waals surface area contributed by atoms with E-state index in [9.17, 15) is 19.8 Å². The number of aromatic nitrogens is 3. The van der Waals surface area contributed by atoms with Gasteiger partial charge in [-0.1, -0.05) is 44.0 Å². The van der Waals surface area contributed by atoms with E-state index in [-0.39, 0.29) is 54.4 Å². The van der Waals surface area contributed by atoms with Gasteiger partial charge < -0.3 is 39.9 Å². The molecule has 2 aromatic carbocycles. The van der Waals surface area contributed by atoms with E-state index >= 15 is 0 Å². The lowest BCUT2D eigenvalue weighted by Crippen LogP contribution is -2.58. The zero-order chi connectivity index (χ0) is 37.9. The third kappa shape index (κ3) is 7.69.